The van der Waals surface area contributed by atoms with E-state index in [4.69, 9.17) is 0 Å². The van der Waals surface area contributed by atoms with Gasteiger partial charge in [-0.15, -0.1) is 0 Å². The lowest BCUT2D eigenvalue weighted by Crippen LogP contribution is -2.30. The van der Waals surface area contributed by atoms with E-state index in [-0.39, 0.29) is 29.9 Å². The van der Waals surface area contributed by atoms with E-state index in [1.54, 1.807) is 24.3 Å². The van der Waals surface area contributed by atoms with Gasteiger partial charge in [-0.25, -0.2) is 0 Å². The van der Waals surface area contributed by atoms with Gasteiger partial charge in [0, 0.05) is 12.8 Å². The highest BCUT2D eigenvalue weighted by atomic mass is 16.2. The number of fused-ring (bicyclic) bond motifs is 1. The summed E-state index contributed by atoms with van der Waals surface area (Å²) in [5.74, 6) is -1.00. The molecule has 1 saturated carbocycles. The fourth-order valence-electron chi connectivity index (χ4n) is 2.83. The van der Waals surface area contributed by atoms with E-state index in [9.17, 15) is 14.4 Å². The van der Waals surface area contributed by atoms with Gasteiger partial charge in [-0.2, -0.15) is 0 Å². The van der Waals surface area contributed by atoms with E-state index >= 15 is 0 Å². The molecule has 0 N–H and O–H groups in total. The molecule has 0 aromatic heterocycles. The Bertz CT molecular complexity index is 523. The normalized spacial score (nSPS) is 27.6. The Balaban J connectivity index is 1.96. The largest absolute Gasteiger partial charge is 0.300 e. The summed E-state index contributed by atoms with van der Waals surface area (Å²) in [6.07, 6.45) is 1.15. The lowest BCUT2D eigenvalue weighted by Gasteiger charge is -2.18. The predicted octanol–water partition coefficient (Wildman–Crippen LogP) is 1.55. The molecule has 2 amide bonds. The van der Waals surface area contributed by atoms with Crippen LogP contribution in [0, 0.1) is 11.8 Å². The number of carbonyl (C=O) groups excluding carboxylic acids is 3. The minimum absolute atomic E-state index is 0.0901. The molecular formula is C14H13NO3. The molecule has 4 heteroatoms. The van der Waals surface area contributed by atoms with Gasteiger partial charge in [0.05, 0.1) is 17.5 Å². The summed E-state index contributed by atoms with van der Waals surface area (Å²) < 4.78 is 0. The maximum atomic E-state index is 12.3. The van der Waals surface area contributed by atoms with Gasteiger partial charge in [-0.3, -0.25) is 19.3 Å². The average molecular weight is 243 g/mol. The third-order valence-corrected chi connectivity index (χ3v) is 3.76. The molecule has 1 aromatic carbocycles. The molecule has 18 heavy (non-hydrogen) atoms. The summed E-state index contributed by atoms with van der Waals surface area (Å²) in [5, 5.41) is 0. The number of anilines is 1. The van der Waals surface area contributed by atoms with Crippen LogP contribution < -0.4 is 4.90 Å². The third kappa shape index (κ3) is 1.56. The highest BCUT2D eigenvalue weighted by Crippen LogP contribution is 2.38. The van der Waals surface area contributed by atoms with Crippen LogP contribution in [0.25, 0.3) is 0 Å². The molecule has 0 bridgehead atoms. The molecule has 3 rings (SSSR count). The molecule has 2 fully saturated rings. The first-order chi connectivity index (χ1) is 8.68. The zero-order chi connectivity index (χ0) is 12.7. The quantitative estimate of drug-likeness (QED) is 0.703. The van der Waals surface area contributed by atoms with Crippen molar-refractivity contribution in [2.24, 2.45) is 11.8 Å². The van der Waals surface area contributed by atoms with Gasteiger partial charge in [-0.05, 0) is 18.6 Å². The van der Waals surface area contributed by atoms with Crippen LogP contribution in [-0.4, -0.2) is 17.6 Å². The molecule has 1 aliphatic heterocycles. The van der Waals surface area contributed by atoms with Crippen LogP contribution in [0.5, 0.6) is 0 Å². The number of benzene rings is 1. The van der Waals surface area contributed by atoms with Crippen molar-refractivity contribution in [1.29, 1.82) is 0 Å². The number of para-hydroxylation sites is 1. The Morgan fingerprint density at radius 2 is 1.61 bits per heavy atom. The molecule has 2 atom stereocenters. The molecule has 92 valence electrons. The minimum atomic E-state index is -0.432. The van der Waals surface area contributed by atoms with Gasteiger partial charge in [0.2, 0.25) is 11.8 Å². The van der Waals surface area contributed by atoms with Gasteiger partial charge < -0.3 is 0 Å². The molecular weight excluding hydrogens is 230 g/mol. The van der Waals surface area contributed by atoms with Crippen molar-refractivity contribution >= 4 is 23.3 Å². The van der Waals surface area contributed by atoms with E-state index in [0.29, 0.717) is 18.5 Å². The average Bonchev–Trinajstić information content (AvgIpc) is 2.63. The Morgan fingerprint density at radius 1 is 0.944 bits per heavy atom. The zero-order valence-corrected chi connectivity index (χ0v) is 9.83. The molecule has 0 spiro atoms. The first-order valence-electron chi connectivity index (χ1n) is 6.13. The number of ketones is 1. The van der Waals surface area contributed by atoms with E-state index < -0.39 is 5.92 Å². The van der Waals surface area contributed by atoms with Crippen molar-refractivity contribution < 1.29 is 14.4 Å². The molecule has 4 nitrogen and oxygen atoms in total. The van der Waals surface area contributed by atoms with Crippen molar-refractivity contribution in [2.45, 2.75) is 19.3 Å². The van der Waals surface area contributed by atoms with Crippen molar-refractivity contribution in [3.05, 3.63) is 30.3 Å². The summed E-state index contributed by atoms with van der Waals surface area (Å²) in [6, 6.07) is 8.92. The van der Waals surface area contributed by atoms with Gasteiger partial charge in [-0.1, -0.05) is 18.2 Å². The van der Waals surface area contributed by atoms with E-state index in [2.05, 4.69) is 0 Å². The molecule has 1 saturated heterocycles. The first-order valence-corrected chi connectivity index (χ1v) is 6.13. The van der Waals surface area contributed by atoms with Gasteiger partial charge in [0.25, 0.3) is 0 Å². The smallest absolute Gasteiger partial charge is 0.238 e. The fraction of sp³-hybridized carbons (Fsp3) is 0.357. The Kier molecular flexibility index (Phi) is 2.51. The number of rotatable bonds is 1. The second-order valence-corrected chi connectivity index (χ2v) is 4.84. The molecule has 1 heterocycles. The summed E-state index contributed by atoms with van der Waals surface area (Å²) in [6.45, 7) is 0. The van der Waals surface area contributed by atoms with Crippen molar-refractivity contribution in [1.82, 2.24) is 0 Å². The van der Waals surface area contributed by atoms with Crippen LogP contribution >= 0.6 is 0 Å². The van der Waals surface area contributed by atoms with Crippen LogP contribution in [0.3, 0.4) is 0 Å². The maximum absolute atomic E-state index is 12.3. The van der Waals surface area contributed by atoms with Crippen LogP contribution in [0.1, 0.15) is 19.3 Å². The number of hydrogen-bond donors (Lipinski definition) is 0. The van der Waals surface area contributed by atoms with Gasteiger partial charge >= 0.3 is 0 Å². The fourth-order valence-corrected chi connectivity index (χ4v) is 2.83. The van der Waals surface area contributed by atoms with Gasteiger partial charge in [0.1, 0.15) is 5.78 Å². The molecule has 1 aliphatic carbocycles. The van der Waals surface area contributed by atoms with Crippen LogP contribution in [-0.2, 0) is 14.4 Å². The van der Waals surface area contributed by atoms with Crippen LogP contribution in [0.2, 0.25) is 0 Å². The standard InChI is InChI=1S/C14H13NO3/c16-10-6-7-11-12(8-10)14(18)15(13(11)17)9-4-2-1-3-5-9/h1-5,11-12H,6-8H2/t11-,12+/m1/s1. The summed E-state index contributed by atoms with van der Waals surface area (Å²) in [7, 11) is 0. The SMILES string of the molecule is O=C1CC[C@H]2C(=O)N(c3ccccc3)C(=O)[C@H]2C1. The second kappa shape index (κ2) is 4.05. The van der Waals surface area contributed by atoms with Crippen molar-refractivity contribution in [3.8, 4) is 0 Å². The number of Topliss-reactive ketones (excluding diaryl/α,β-unsaturated/α-hetero) is 1. The topological polar surface area (TPSA) is 54.5 Å². The van der Waals surface area contributed by atoms with Crippen molar-refractivity contribution in [2.75, 3.05) is 4.90 Å². The van der Waals surface area contributed by atoms with Gasteiger partial charge in [0.15, 0.2) is 0 Å². The number of imide groups is 1. The monoisotopic (exact) mass is 243 g/mol. The van der Waals surface area contributed by atoms with Crippen molar-refractivity contribution in [3.63, 3.8) is 0 Å². The summed E-state index contributed by atoms with van der Waals surface area (Å²) in [5.41, 5.74) is 0.606. The number of hydrogen-bond acceptors (Lipinski definition) is 3. The van der Waals surface area contributed by atoms with E-state index in [0.717, 1.165) is 0 Å². The third-order valence-electron chi connectivity index (χ3n) is 3.76. The number of amides is 2. The predicted molar refractivity (Wildman–Crippen MR) is 64.8 cm³/mol. The molecule has 0 unspecified atom stereocenters. The highest BCUT2D eigenvalue weighted by Gasteiger charge is 2.50. The Hall–Kier alpha value is -1.97. The molecule has 0 radical (unpaired) electrons. The summed E-state index contributed by atoms with van der Waals surface area (Å²) in [4.78, 5) is 37.2. The highest BCUT2D eigenvalue weighted by molar-refractivity contribution is 6.23. The molecule has 1 aromatic rings. The molecule has 2 aliphatic rings. The lowest BCUT2D eigenvalue weighted by molar-refractivity contribution is -0.129. The van der Waals surface area contributed by atoms with Crippen LogP contribution in [0.15, 0.2) is 30.3 Å². The Morgan fingerprint density at radius 3 is 2.33 bits per heavy atom. The van der Waals surface area contributed by atoms with E-state index in [1.807, 2.05) is 6.07 Å². The zero-order valence-electron chi connectivity index (χ0n) is 9.83. The van der Waals surface area contributed by atoms with Crippen LogP contribution in [0.4, 0.5) is 5.69 Å². The minimum Gasteiger partial charge on any atom is -0.300 e. The first kappa shape index (κ1) is 11.1. The Labute approximate surface area is 105 Å². The number of nitrogens with zero attached hydrogens (tertiary/aromatic N) is 1. The maximum Gasteiger partial charge on any atom is 0.238 e. The van der Waals surface area contributed by atoms with E-state index in [1.165, 1.54) is 4.90 Å². The number of carbonyl (C=O) groups is 3. The summed E-state index contributed by atoms with van der Waals surface area (Å²) >= 11 is 0. The second-order valence-electron chi connectivity index (χ2n) is 4.84. The lowest BCUT2D eigenvalue weighted by atomic mass is 9.80.